The number of benzene rings is 2. The molecule has 26 heavy (non-hydrogen) atoms. The van der Waals surface area contributed by atoms with E-state index >= 15 is 0 Å². The van der Waals surface area contributed by atoms with Crippen LogP contribution in [0.4, 0.5) is 10.1 Å². The molecule has 1 fully saturated rings. The van der Waals surface area contributed by atoms with Crippen LogP contribution in [0.5, 0.6) is 0 Å². The van der Waals surface area contributed by atoms with Gasteiger partial charge >= 0.3 is 0 Å². The van der Waals surface area contributed by atoms with Crippen molar-refractivity contribution < 1.29 is 14.0 Å². The Morgan fingerprint density at radius 1 is 1.15 bits per heavy atom. The SMILES string of the molecule is CC(NC(=O)CCc1cccc(F)c1)c1ccc(NC(=O)C2CC2)cc1. The predicted octanol–water partition coefficient (Wildman–Crippen LogP) is 3.98. The Morgan fingerprint density at radius 3 is 2.54 bits per heavy atom. The van der Waals surface area contributed by atoms with Gasteiger partial charge in [-0.2, -0.15) is 0 Å². The van der Waals surface area contributed by atoms with Gasteiger partial charge in [0.05, 0.1) is 6.04 Å². The van der Waals surface area contributed by atoms with Crippen molar-refractivity contribution >= 4 is 17.5 Å². The summed E-state index contributed by atoms with van der Waals surface area (Å²) in [7, 11) is 0. The van der Waals surface area contributed by atoms with Crippen LogP contribution >= 0.6 is 0 Å². The average Bonchev–Trinajstić information content (AvgIpc) is 3.46. The molecule has 2 N–H and O–H groups in total. The third-order valence-electron chi connectivity index (χ3n) is 4.53. The van der Waals surface area contributed by atoms with E-state index in [2.05, 4.69) is 10.6 Å². The van der Waals surface area contributed by atoms with Gasteiger partial charge in [-0.15, -0.1) is 0 Å². The maximum absolute atomic E-state index is 13.2. The van der Waals surface area contributed by atoms with E-state index in [-0.39, 0.29) is 29.6 Å². The van der Waals surface area contributed by atoms with Crippen LogP contribution in [0.3, 0.4) is 0 Å². The number of halogens is 1. The van der Waals surface area contributed by atoms with E-state index in [1.165, 1.54) is 12.1 Å². The zero-order chi connectivity index (χ0) is 18.5. The molecule has 1 atom stereocenters. The van der Waals surface area contributed by atoms with Gasteiger partial charge in [-0.3, -0.25) is 9.59 Å². The smallest absolute Gasteiger partial charge is 0.227 e. The topological polar surface area (TPSA) is 58.2 Å². The van der Waals surface area contributed by atoms with Crippen molar-refractivity contribution in [1.82, 2.24) is 5.32 Å². The van der Waals surface area contributed by atoms with Crippen LogP contribution in [0.1, 0.15) is 43.4 Å². The van der Waals surface area contributed by atoms with Crippen LogP contribution in [0.15, 0.2) is 48.5 Å². The first kappa shape index (κ1) is 18.1. The number of amides is 2. The normalized spacial score (nSPS) is 14.5. The Balaban J connectivity index is 1.48. The molecule has 1 aliphatic rings. The van der Waals surface area contributed by atoms with E-state index in [0.717, 1.165) is 29.7 Å². The van der Waals surface area contributed by atoms with Crippen LogP contribution in [0.25, 0.3) is 0 Å². The first-order valence-electron chi connectivity index (χ1n) is 8.96. The van der Waals surface area contributed by atoms with Gasteiger partial charge in [0.1, 0.15) is 5.82 Å². The summed E-state index contributed by atoms with van der Waals surface area (Å²) in [6.07, 6.45) is 2.76. The fraction of sp³-hybridized carbons (Fsp3) is 0.333. The molecule has 0 aromatic heterocycles. The summed E-state index contributed by atoms with van der Waals surface area (Å²) in [4.78, 5) is 23.9. The number of hydrogen-bond acceptors (Lipinski definition) is 2. The highest BCUT2D eigenvalue weighted by molar-refractivity contribution is 5.94. The highest BCUT2D eigenvalue weighted by Crippen LogP contribution is 2.30. The van der Waals surface area contributed by atoms with Crippen LogP contribution in [0.2, 0.25) is 0 Å². The third kappa shape index (κ3) is 5.15. The summed E-state index contributed by atoms with van der Waals surface area (Å²) in [5, 5.41) is 5.85. The molecule has 4 nitrogen and oxygen atoms in total. The Kier molecular flexibility index (Phi) is 5.66. The molecule has 5 heteroatoms. The minimum absolute atomic E-state index is 0.0760. The molecule has 1 unspecified atom stereocenters. The lowest BCUT2D eigenvalue weighted by atomic mass is 10.1. The second kappa shape index (κ2) is 8.13. The number of hydrogen-bond donors (Lipinski definition) is 2. The summed E-state index contributed by atoms with van der Waals surface area (Å²) in [6.45, 7) is 1.91. The van der Waals surface area contributed by atoms with Gasteiger partial charge < -0.3 is 10.6 Å². The number of carbonyl (C=O) groups is 2. The molecule has 1 aliphatic carbocycles. The lowest BCUT2D eigenvalue weighted by Gasteiger charge is -2.15. The Labute approximate surface area is 152 Å². The van der Waals surface area contributed by atoms with Gasteiger partial charge in [-0.25, -0.2) is 4.39 Å². The van der Waals surface area contributed by atoms with Gasteiger partial charge in [0, 0.05) is 18.0 Å². The molecular weight excluding hydrogens is 331 g/mol. The number of nitrogens with one attached hydrogen (secondary N) is 2. The zero-order valence-electron chi connectivity index (χ0n) is 14.8. The third-order valence-corrected chi connectivity index (χ3v) is 4.53. The molecule has 0 saturated heterocycles. The van der Waals surface area contributed by atoms with Crippen LogP contribution in [-0.4, -0.2) is 11.8 Å². The Morgan fingerprint density at radius 2 is 1.88 bits per heavy atom. The molecule has 0 spiro atoms. The number of aryl methyl sites for hydroxylation is 1. The predicted molar refractivity (Wildman–Crippen MR) is 99.1 cm³/mol. The second-order valence-electron chi connectivity index (χ2n) is 6.80. The quantitative estimate of drug-likeness (QED) is 0.790. The van der Waals surface area contributed by atoms with Crippen molar-refractivity contribution in [2.24, 2.45) is 5.92 Å². The fourth-order valence-corrected chi connectivity index (χ4v) is 2.79. The van der Waals surface area contributed by atoms with E-state index < -0.39 is 0 Å². The van der Waals surface area contributed by atoms with Gasteiger partial charge in [-0.1, -0.05) is 24.3 Å². The monoisotopic (exact) mass is 354 g/mol. The van der Waals surface area contributed by atoms with Crippen molar-refractivity contribution in [2.75, 3.05) is 5.32 Å². The number of rotatable bonds is 7. The fourth-order valence-electron chi connectivity index (χ4n) is 2.79. The van der Waals surface area contributed by atoms with Gasteiger partial charge in [-0.05, 0) is 61.6 Å². The van der Waals surface area contributed by atoms with Crippen LogP contribution in [0, 0.1) is 11.7 Å². The van der Waals surface area contributed by atoms with Gasteiger partial charge in [0.2, 0.25) is 11.8 Å². The zero-order valence-corrected chi connectivity index (χ0v) is 14.8. The summed E-state index contributed by atoms with van der Waals surface area (Å²) in [5.41, 5.74) is 2.55. The second-order valence-corrected chi connectivity index (χ2v) is 6.80. The van der Waals surface area contributed by atoms with E-state index in [0.29, 0.717) is 12.8 Å². The van der Waals surface area contributed by atoms with E-state index in [4.69, 9.17) is 0 Å². The van der Waals surface area contributed by atoms with Crippen molar-refractivity contribution in [2.45, 2.75) is 38.6 Å². The summed E-state index contributed by atoms with van der Waals surface area (Å²) < 4.78 is 13.2. The molecule has 2 amide bonds. The lowest BCUT2D eigenvalue weighted by Crippen LogP contribution is -2.26. The molecule has 0 heterocycles. The van der Waals surface area contributed by atoms with E-state index in [1.807, 2.05) is 37.3 Å². The highest BCUT2D eigenvalue weighted by atomic mass is 19.1. The number of anilines is 1. The Hall–Kier alpha value is -2.69. The van der Waals surface area contributed by atoms with Crippen molar-refractivity contribution in [3.63, 3.8) is 0 Å². The average molecular weight is 354 g/mol. The van der Waals surface area contributed by atoms with Crippen LogP contribution < -0.4 is 10.6 Å². The standard InChI is InChI=1S/C21H23FN2O2/c1-14(23-20(25)12-5-15-3-2-4-18(22)13-15)16-8-10-19(11-9-16)24-21(26)17-6-7-17/h2-4,8-11,13-14,17H,5-7,12H2,1H3,(H,23,25)(H,24,26). The van der Waals surface area contributed by atoms with E-state index in [9.17, 15) is 14.0 Å². The highest BCUT2D eigenvalue weighted by Gasteiger charge is 2.29. The molecule has 0 bridgehead atoms. The minimum atomic E-state index is -0.287. The first-order chi connectivity index (χ1) is 12.5. The van der Waals surface area contributed by atoms with Crippen molar-refractivity contribution in [3.05, 3.63) is 65.5 Å². The Bertz CT molecular complexity index is 785. The molecular formula is C21H23FN2O2. The largest absolute Gasteiger partial charge is 0.350 e. The van der Waals surface area contributed by atoms with Crippen molar-refractivity contribution in [3.8, 4) is 0 Å². The molecule has 1 saturated carbocycles. The molecule has 3 rings (SSSR count). The molecule has 2 aromatic rings. The maximum Gasteiger partial charge on any atom is 0.227 e. The van der Waals surface area contributed by atoms with E-state index in [1.54, 1.807) is 6.07 Å². The minimum Gasteiger partial charge on any atom is -0.350 e. The molecule has 0 aliphatic heterocycles. The number of carbonyl (C=O) groups excluding carboxylic acids is 2. The lowest BCUT2D eigenvalue weighted by molar-refractivity contribution is -0.121. The van der Waals surface area contributed by atoms with Gasteiger partial charge in [0.25, 0.3) is 0 Å². The van der Waals surface area contributed by atoms with Crippen LogP contribution in [-0.2, 0) is 16.0 Å². The first-order valence-corrected chi connectivity index (χ1v) is 8.96. The van der Waals surface area contributed by atoms with Crippen molar-refractivity contribution in [1.29, 1.82) is 0 Å². The summed E-state index contributed by atoms with van der Waals surface area (Å²) in [5.74, 6) is -0.111. The summed E-state index contributed by atoms with van der Waals surface area (Å²) >= 11 is 0. The molecule has 136 valence electrons. The summed E-state index contributed by atoms with van der Waals surface area (Å²) in [6, 6.07) is 13.7. The van der Waals surface area contributed by atoms with Gasteiger partial charge in [0.15, 0.2) is 0 Å². The molecule has 0 radical (unpaired) electrons. The maximum atomic E-state index is 13.2. The molecule has 2 aromatic carbocycles.